The van der Waals surface area contributed by atoms with Gasteiger partial charge in [0.1, 0.15) is 0 Å². The number of ether oxygens (including phenoxy) is 4. The molecule has 0 saturated heterocycles. The molecule has 0 N–H and O–H groups in total. The molecule has 2 aliphatic rings. The maximum absolute atomic E-state index is 12.4. The van der Waals surface area contributed by atoms with Crippen LogP contribution in [0.4, 0.5) is 0 Å². The number of hydrogen-bond donors (Lipinski definition) is 0. The fourth-order valence-electron chi connectivity index (χ4n) is 4.76. The van der Waals surface area contributed by atoms with Crippen LogP contribution in [-0.4, -0.2) is 62.3 Å². The first kappa shape index (κ1) is 22.4. The highest BCUT2D eigenvalue weighted by Gasteiger charge is 2.49. The molecule has 0 bridgehead atoms. The molecule has 0 fully saturated rings. The fourth-order valence-corrected chi connectivity index (χ4v) is 4.76. The molecule has 0 amide bonds. The summed E-state index contributed by atoms with van der Waals surface area (Å²) in [6, 6.07) is 3.22. The van der Waals surface area contributed by atoms with Crippen molar-refractivity contribution in [2.45, 2.75) is 31.1 Å². The van der Waals surface area contributed by atoms with E-state index >= 15 is 0 Å². The highest BCUT2D eigenvalue weighted by atomic mass is 16.5. The van der Waals surface area contributed by atoms with Gasteiger partial charge in [-0.2, -0.15) is 0 Å². The Morgan fingerprint density at radius 2 is 1.03 bits per heavy atom. The normalized spacial score (nSPS) is 14.9. The molecule has 10 heteroatoms. The predicted octanol–water partition coefficient (Wildman–Crippen LogP) is 1.80. The lowest BCUT2D eigenvalue weighted by Crippen LogP contribution is -2.27. The number of carbonyl (C=O) groups is 4. The second-order valence-corrected chi connectivity index (χ2v) is 7.83. The first-order valence-corrected chi connectivity index (χ1v) is 10.2. The van der Waals surface area contributed by atoms with Crippen LogP contribution < -0.4 is 0 Å². The van der Waals surface area contributed by atoms with Gasteiger partial charge in [0.15, 0.2) is 11.4 Å². The Bertz CT molecular complexity index is 1110. The van der Waals surface area contributed by atoms with E-state index in [2.05, 4.69) is 9.97 Å². The number of pyridine rings is 2. The zero-order valence-electron chi connectivity index (χ0n) is 18.6. The number of carbonyl (C=O) groups excluding carboxylic acids is 4. The summed E-state index contributed by atoms with van der Waals surface area (Å²) in [4.78, 5) is 58.5. The lowest BCUT2D eigenvalue weighted by molar-refractivity contribution is 0.0548. The van der Waals surface area contributed by atoms with Gasteiger partial charge in [-0.15, -0.1) is 0 Å². The van der Waals surface area contributed by atoms with Crippen LogP contribution in [0.15, 0.2) is 12.1 Å². The maximum atomic E-state index is 12.4. The lowest BCUT2D eigenvalue weighted by Gasteiger charge is -2.25. The summed E-state index contributed by atoms with van der Waals surface area (Å²) in [5.41, 5.74) is 1.87. The van der Waals surface area contributed by atoms with E-state index in [1.165, 1.54) is 28.4 Å². The lowest BCUT2D eigenvalue weighted by atomic mass is 9.81. The number of esters is 4. The Labute approximate surface area is 189 Å². The Morgan fingerprint density at radius 3 is 1.36 bits per heavy atom. The Morgan fingerprint density at radius 1 is 0.667 bits per heavy atom. The van der Waals surface area contributed by atoms with Crippen LogP contribution in [0, 0.1) is 0 Å². The third-order valence-electron chi connectivity index (χ3n) is 6.32. The van der Waals surface area contributed by atoms with E-state index in [1.54, 1.807) is 12.1 Å². The molecule has 4 rings (SSSR count). The van der Waals surface area contributed by atoms with Crippen molar-refractivity contribution in [1.82, 2.24) is 9.97 Å². The van der Waals surface area contributed by atoms with Gasteiger partial charge in [0, 0.05) is 0 Å². The average Bonchev–Trinajstić information content (AvgIpc) is 3.41. The number of nitrogens with zero attached hydrogens (tertiary/aromatic N) is 2. The van der Waals surface area contributed by atoms with Gasteiger partial charge < -0.3 is 18.9 Å². The minimum atomic E-state index is -0.761. The topological polar surface area (TPSA) is 131 Å². The standard InChI is InChI=1S/C23H22N2O8/c1-30-19(26)13-9-11-5-7-23(17(11)24-15(13)21(28)32-3)8-6-12-10-14(20(27)31-2)16(22(29)33-4)25-18(12)23/h9-10H,5-8H2,1-4H3. The number of hydrogen-bond acceptors (Lipinski definition) is 10. The van der Waals surface area contributed by atoms with Crippen LogP contribution in [0.3, 0.4) is 0 Å². The van der Waals surface area contributed by atoms with E-state index < -0.39 is 29.3 Å². The van der Waals surface area contributed by atoms with Gasteiger partial charge >= 0.3 is 23.9 Å². The molecule has 2 aliphatic carbocycles. The third kappa shape index (κ3) is 3.33. The SMILES string of the molecule is COC(=O)c1cc2c(nc1C(=O)OC)C1(CC2)CCc2cc(C(=O)OC)c(C(=O)OC)nc21. The molecular formula is C23H22N2O8. The van der Waals surface area contributed by atoms with Crippen LogP contribution in [0.25, 0.3) is 0 Å². The first-order chi connectivity index (χ1) is 15.8. The predicted molar refractivity (Wildman–Crippen MR) is 111 cm³/mol. The summed E-state index contributed by atoms with van der Waals surface area (Å²) >= 11 is 0. The minimum Gasteiger partial charge on any atom is -0.465 e. The summed E-state index contributed by atoms with van der Waals surface area (Å²) in [5, 5.41) is 0. The second-order valence-electron chi connectivity index (χ2n) is 7.83. The number of fused-ring (bicyclic) bond motifs is 4. The summed E-state index contributed by atoms with van der Waals surface area (Å²) in [7, 11) is 4.86. The van der Waals surface area contributed by atoms with Gasteiger partial charge in [0.05, 0.1) is 56.4 Å². The molecule has 1 spiro atoms. The zero-order chi connectivity index (χ0) is 23.9. The number of rotatable bonds is 4. The number of methoxy groups -OCH3 is 4. The smallest absolute Gasteiger partial charge is 0.357 e. The van der Waals surface area contributed by atoms with Crippen molar-refractivity contribution in [1.29, 1.82) is 0 Å². The maximum Gasteiger partial charge on any atom is 0.357 e. The van der Waals surface area contributed by atoms with Gasteiger partial charge in [-0.1, -0.05) is 0 Å². The van der Waals surface area contributed by atoms with Crippen molar-refractivity contribution < 1.29 is 38.1 Å². The van der Waals surface area contributed by atoms with E-state index in [0.717, 1.165) is 11.1 Å². The molecular weight excluding hydrogens is 432 g/mol. The molecule has 2 heterocycles. The number of aryl methyl sites for hydroxylation is 2. The molecule has 0 radical (unpaired) electrons. The first-order valence-electron chi connectivity index (χ1n) is 10.2. The molecule has 2 aromatic heterocycles. The van der Waals surface area contributed by atoms with Crippen molar-refractivity contribution in [3.05, 3.63) is 57.2 Å². The monoisotopic (exact) mass is 454 g/mol. The van der Waals surface area contributed by atoms with Crippen molar-refractivity contribution in [3.63, 3.8) is 0 Å². The molecule has 2 aromatic rings. The van der Waals surface area contributed by atoms with E-state index in [4.69, 9.17) is 18.9 Å². The summed E-state index contributed by atoms with van der Waals surface area (Å²) in [6.45, 7) is 0. The van der Waals surface area contributed by atoms with Gasteiger partial charge in [-0.25, -0.2) is 29.1 Å². The van der Waals surface area contributed by atoms with Crippen LogP contribution in [0.5, 0.6) is 0 Å². The second kappa shape index (κ2) is 8.27. The summed E-state index contributed by atoms with van der Waals surface area (Å²) in [5.74, 6) is -2.90. The molecule has 0 aliphatic heterocycles. The van der Waals surface area contributed by atoms with Crippen molar-refractivity contribution in [3.8, 4) is 0 Å². The van der Waals surface area contributed by atoms with E-state index in [0.29, 0.717) is 37.1 Å². The largest absolute Gasteiger partial charge is 0.465 e. The fraction of sp³-hybridized carbons (Fsp3) is 0.391. The highest BCUT2D eigenvalue weighted by Crippen LogP contribution is 2.51. The quantitative estimate of drug-likeness (QED) is 0.498. The van der Waals surface area contributed by atoms with Crippen LogP contribution in [0.1, 0.15) is 77.0 Å². The third-order valence-corrected chi connectivity index (χ3v) is 6.32. The van der Waals surface area contributed by atoms with Crippen molar-refractivity contribution in [2.24, 2.45) is 0 Å². The molecule has 33 heavy (non-hydrogen) atoms. The molecule has 172 valence electrons. The van der Waals surface area contributed by atoms with Gasteiger partial charge in [-0.05, 0) is 48.9 Å². The Hall–Kier alpha value is -3.82. The molecule has 0 saturated carbocycles. The number of aromatic nitrogens is 2. The van der Waals surface area contributed by atoms with Crippen LogP contribution >= 0.6 is 0 Å². The Kier molecular flexibility index (Phi) is 5.61. The summed E-state index contributed by atoms with van der Waals surface area (Å²) in [6.07, 6.45) is 2.39. The molecule has 0 atom stereocenters. The summed E-state index contributed by atoms with van der Waals surface area (Å²) < 4.78 is 19.3. The minimum absolute atomic E-state index is 0.0302. The van der Waals surface area contributed by atoms with Crippen molar-refractivity contribution >= 4 is 23.9 Å². The zero-order valence-corrected chi connectivity index (χ0v) is 18.6. The molecule has 0 aromatic carbocycles. The molecule has 0 unspecified atom stereocenters. The van der Waals surface area contributed by atoms with E-state index in [1.807, 2.05) is 0 Å². The average molecular weight is 454 g/mol. The highest BCUT2D eigenvalue weighted by molar-refractivity contribution is 6.03. The van der Waals surface area contributed by atoms with E-state index in [-0.39, 0.29) is 22.5 Å². The van der Waals surface area contributed by atoms with Gasteiger partial charge in [-0.3, -0.25) is 0 Å². The van der Waals surface area contributed by atoms with Crippen molar-refractivity contribution in [2.75, 3.05) is 28.4 Å². The van der Waals surface area contributed by atoms with Crippen LogP contribution in [0.2, 0.25) is 0 Å². The Balaban J connectivity index is 1.93. The van der Waals surface area contributed by atoms with Gasteiger partial charge in [0.25, 0.3) is 0 Å². The van der Waals surface area contributed by atoms with Gasteiger partial charge in [0.2, 0.25) is 0 Å². The van der Waals surface area contributed by atoms with E-state index in [9.17, 15) is 19.2 Å². The van der Waals surface area contributed by atoms with Crippen LogP contribution in [-0.2, 0) is 37.2 Å². The molecule has 10 nitrogen and oxygen atoms in total.